The average molecular weight is 635 g/mol. The van der Waals surface area contributed by atoms with E-state index in [0.717, 1.165) is 11.6 Å². The summed E-state index contributed by atoms with van der Waals surface area (Å²) in [5, 5.41) is 26.6. The predicted molar refractivity (Wildman–Crippen MR) is 165 cm³/mol. The van der Waals surface area contributed by atoms with Gasteiger partial charge in [0.25, 0.3) is 5.91 Å². The molecule has 0 unspecified atom stereocenters. The van der Waals surface area contributed by atoms with Crippen LogP contribution in [0, 0.1) is 18.6 Å². The highest BCUT2D eigenvalue weighted by Crippen LogP contribution is 2.28. The van der Waals surface area contributed by atoms with Crippen molar-refractivity contribution in [2.24, 2.45) is 0 Å². The minimum Gasteiger partial charge on any atom is -0.480 e. The van der Waals surface area contributed by atoms with Gasteiger partial charge in [-0.1, -0.05) is 6.07 Å². The van der Waals surface area contributed by atoms with Gasteiger partial charge in [0.05, 0.1) is 34.4 Å². The fraction of sp³-hybridized carbons (Fsp3) is 0.250. The lowest BCUT2D eigenvalue weighted by Crippen LogP contribution is -2.38. The van der Waals surface area contributed by atoms with Crippen LogP contribution in [0.25, 0.3) is 11.4 Å². The summed E-state index contributed by atoms with van der Waals surface area (Å²) in [6.45, 7) is 2.78. The number of hydrogen-bond acceptors (Lipinski definition) is 7. The van der Waals surface area contributed by atoms with Gasteiger partial charge in [-0.15, -0.1) is 0 Å². The topological polar surface area (TPSA) is 169 Å². The number of nitrogens with one attached hydrogen (secondary N) is 4. The highest BCUT2D eigenvalue weighted by atomic mass is 19.1. The molecule has 46 heavy (non-hydrogen) atoms. The number of ether oxygens (including phenoxy) is 1. The summed E-state index contributed by atoms with van der Waals surface area (Å²) in [4.78, 5) is 45.3. The van der Waals surface area contributed by atoms with E-state index in [2.05, 4.69) is 25.9 Å². The number of pyridine rings is 1. The standard InChI is InChI=1S/C32H32F2N6O6/c1-18-3-5-23(33)26(11-18)39-32(45)38-25-6-4-21(14-24(25)34)46-22-7-9-35-28(15-22)27-12-19(16-37-27)30(42)36-8-2-10-40-17-20(41)13-29(40)31(43)44/h3-7,9,11-12,14-16,20,29,37,41H,2,8,10,13,17H2,1H3,(H,36,42)(H,43,44)(H2,38,39,45)/t20-,29+/m0/s1. The number of aryl methyl sites for hydroxylation is 1. The third kappa shape index (κ3) is 8.02. The van der Waals surface area contributed by atoms with Gasteiger partial charge in [-0.05, 0) is 55.3 Å². The van der Waals surface area contributed by atoms with Crippen molar-refractivity contribution in [1.29, 1.82) is 0 Å². The fourth-order valence-electron chi connectivity index (χ4n) is 5.07. The molecule has 1 aliphatic rings. The normalized spacial score (nSPS) is 16.2. The van der Waals surface area contributed by atoms with Gasteiger partial charge in [-0.25, -0.2) is 13.6 Å². The second-order valence-corrected chi connectivity index (χ2v) is 10.8. The van der Waals surface area contributed by atoms with Crippen LogP contribution in [0.4, 0.5) is 25.0 Å². The van der Waals surface area contributed by atoms with Crippen molar-refractivity contribution in [3.8, 4) is 22.9 Å². The molecule has 2 aromatic carbocycles. The number of carboxylic acid groups (broad SMARTS) is 1. The first-order chi connectivity index (χ1) is 22.0. The van der Waals surface area contributed by atoms with Crippen molar-refractivity contribution in [2.75, 3.05) is 30.3 Å². The maximum atomic E-state index is 14.8. The molecule has 12 nitrogen and oxygen atoms in total. The average Bonchev–Trinajstić information content (AvgIpc) is 3.66. The Hall–Kier alpha value is -5.34. The minimum atomic E-state index is -0.971. The summed E-state index contributed by atoms with van der Waals surface area (Å²) in [5.74, 6) is -2.20. The third-order valence-corrected chi connectivity index (χ3v) is 7.32. The number of likely N-dealkylation sites (tertiary alicyclic amines) is 1. The number of hydrogen-bond donors (Lipinski definition) is 6. The molecule has 1 aliphatic heterocycles. The number of anilines is 2. The third-order valence-electron chi connectivity index (χ3n) is 7.32. The SMILES string of the molecule is Cc1ccc(F)c(NC(=O)Nc2ccc(Oc3ccnc(-c4cc(C(=O)NCCCN5C[C@@H](O)C[C@@H]5C(=O)O)c[nH]4)c3)cc2F)c1. The Morgan fingerprint density at radius 1 is 1.02 bits per heavy atom. The molecule has 240 valence electrons. The predicted octanol–water partition coefficient (Wildman–Crippen LogP) is 4.74. The molecule has 1 saturated heterocycles. The van der Waals surface area contributed by atoms with E-state index in [1.54, 1.807) is 36.1 Å². The van der Waals surface area contributed by atoms with Crippen molar-refractivity contribution in [2.45, 2.75) is 31.9 Å². The summed E-state index contributed by atoms with van der Waals surface area (Å²) in [7, 11) is 0. The van der Waals surface area contributed by atoms with Gasteiger partial charge >= 0.3 is 12.0 Å². The first-order valence-electron chi connectivity index (χ1n) is 14.4. The van der Waals surface area contributed by atoms with Crippen LogP contribution in [0.15, 0.2) is 67.0 Å². The Bertz CT molecular complexity index is 1750. The molecule has 3 amide bonds. The van der Waals surface area contributed by atoms with E-state index in [0.29, 0.717) is 42.2 Å². The summed E-state index contributed by atoms with van der Waals surface area (Å²) >= 11 is 0. The first-order valence-corrected chi connectivity index (χ1v) is 14.4. The molecule has 2 aromatic heterocycles. The van der Waals surface area contributed by atoms with Gasteiger partial charge in [0.15, 0.2) is 0 Å². The summed E-state index contributed by atoms with van der Waals surface area (Å²) in [6.07, 6.45) is 3.05. The van der Waals surface area contributed by atoms with Crippen LogP contribution in [0.5, 0.6) is 11.5 Å². The maximum absolute atomic E-state index is 14.8. The number of carboxylic acids is 1. The smallest absolute Gasteiger partial charge is 0.323 e. The van der Waals surface area contributed by atoms with Crippen LogP contribution in [-0.2, 0) is 4.79 Å². The Morgan fingerprint density at radius 3 is 2.59 bits per heavy atom. The Morgan fingerprint density at radius 2 is 1.80 bits per heavy atom. The van der Waals surface area contributed by atoms with Crippen molar-refractivity contribution in [3.63, 3.8) is 0 Å². The van der Waals surface area contributed by atoms with E-state index >= 15 is 0 Å². The van der Waals surface area contributed by atoms with Gasteiger partial charge in [0.2, 0.25) is 0 Å². The number of benzene rings is 2. The zero-order valence-corrected chi connectivity index (χ0v) is 24.7. The molecule has 3 heterocycles. The number of aliphatic carboxylic acids is 1. The zero-order valence-electron chi connectivity index (χ0n) is 24.7. The zero-order chi connectivity index (χ0) is 32.8. The molecule has 1 fully saturated rings. The van der Waals surface area contributed by atoms with Crippen molar-refractivity contribution in [1.82, 2.24) is 20.2 Å². The van der Waals surface area contributed by atoms with Crippen LogP contribution < -0.4 is 20.7 Å². The summed E-state index contributed by atoms with van der Waals surface area (Å²) < 4.78 is 34.5. The lowest BCUT2D eigenvalue weighted by molar-refractivity contribution is -0.142. The molecular weight excluding hydrogens is 602 g/mol. The van der Waals surface area contributed by atoms with E-state index < -0.39 is 35.8 Å². The number of urea groups is 1. The van der Waals surface area contributed by atoms with E-state index in [9.17, 15) is 33.4 Å². The number of carbonyl (C=O) groups is 3. The Kier molecular flexibility index (Phi) is 9.88. The second-order valence-electron chi connectivity index (χ2n) is 10.8. The van der Waals surface area contributed by atoms with Gasteiger partial charge in [0, 0.05) is 50.6 Å². The van der Waals surface area contributed by atoms with Crippen LogP contribution in [0.3, 0.4) is 0 Å². The lowest BCUT2D eigenvalue weighted by Gasteiger charge is -2.20. The van der Waals surface area contributed by atoms with E-state index in [1.807, 2.05) is 0 Å². The number of rotatable bonds is 11. The van der Waals surface area contributed by atoms with E-state index in [-0.39, 0.29) is 36.0 Å². The fourth-order valence-corrected chi connectivity index (χ4v) is 5.07. The number of aromatic amines is 1. The number of aliphatic hydroxyl groups excluding tert-OH is 1. The molecule has 4 aromatic rings. The van der Waals surface area contributed by atoms with Crippen molar-refractivity contribution in [3.05, 3.63) is 89.8 Å². The Balaban J connectivity index is 1.14. The second kappa shape index (κ2) is 14.2. The van der Waals surface area contributed by atoms with E-state index in [1.165, 1.54) is 36.7 Å². The monoisotopic (exact) mass is 634 g/mol. The van der Waals surface area contributed by atoms with Crippen molar-refractivity contribution >= 4 is 29.3 Å². The number of nitrogens with zero attached hydrogens (tertiary/aromatic N) is 2. The number of carbonyl (C=O) groups excluding carboxylic acids is 2. The van der Waals surface area contributed by atoms with Gasteiger partial charge in [-0.3, -0.25) is 19.5 Å². The number of amides is 3. The van der Waals surface area contributed by atoms with Crippen LogP contribution in [0.2, 0.25) is 0 Å². The van der Waals surface area contributed by atoms with E-state index in [4.69, 9.17) is 4.74 Å². The maximum Gasteiger partial charge on any atom is 0.323 e. The molecular formula is C32H32F2N6O6. The first kappa shape index (κ1) is 32.1. The molecule has 0 aliphatic carbocycles. The van der Waals surface area contributed by atoms with Gasteiger partial charge in [0.1, 0.15) is 29.2 Å². The highest BCUT2D eigenvalue weighted by Gasteiger charge is 2.35. The van der Waals surface area contributed by atoms with Crippen molar-refractivity contribution < 1.29 is 38.1 Å². The number of β-amino-alcohol motifs (C(OH)–C–C–N with tert-alkyl or cyclic N) is 1. The molecule has 0 saturated carbocycles. The lowest BCUT2D eigenvalue weighted by atomic mass is 10.2. The molecule has 0 radical (unpaired) electrons. The number of H-pyrrole nitrogens is 1. The molecule has 0 spiro atoms. The number of halogens is 2. The number of aliphatic hydroxyl groups is 1. The molecule has 0 bridgehead atoms. The summed E-state index contributed by atoms with van der Waals surface area (Å²) in [6, 6.07) is 11.4. The highest BCUT2D eigenvalue weighted by molar-refractivity contribution is 6.00. The molecule has 5 rings (SSSR count). The quantitative estimate of drug-likeness (QED) is 0.129. The van der Waals surface area contributed by atoms with Crippen LogP contribution in [0.1, 0.15) is 28.8 Å². The molecule has 14 heteroatoms. The van der Waals surface area contributed by atoms with Crippen LogP contribution >= 0.6 is 0 Å². The summed E-state index contributed by atoms with van der Waals surface area (Å²) in [5.41, 5.74) is 1.93. The molecule has 2 atom stereocenters. The largest absolute Gasteiger partial charge is 0.480 e. The van der Waals surface area contributed by atoms with Gasteiger partial charge < -0.3 is 35.9 Å². The van der Waals surface area contributed by atoms with Crippen LogP contribution in [-0.4, -0.2) is 74.8 Å². The van der Waals surface area contributed by atoms with Gasteiger partial charge in [-0.2, -0.15) is 0 Å². The number of aromatic nitrogens is 2. The molecule has 6 N–H and O–H groups in total. The Labute approximate surface area is 262 Å². The minimum absolute atomic E-state index is 0.0338.